The summed E-state index contributed by atoms with van der Waals surface area (Å²) in [7, 11) is 0. The molecular weight excluding hydrogens is 257 g/mol. The van der Waals surface area contributed by atoms with Gasteiger partial charge in [-0.15, -0.1) is 0 Å². The van der Waals surface area contributed by atoms with Crippen molar-refractivity contribution in [2.24, 2.45) is 11.7 Å². The Bertz CT molecular complexity index is 376. The third-order valence-electron chi connectivity index (χ3n) is 3.33. The van der Waals surface area contributed by atoms with E-state index in [1.54, 1.807) is 12.3 Å². The van der Waals surface area contributed by atoms with Crippen LogP contribution in [-0.2, 0) is 6.54 Å². The van der Waals surface area contributed by atoms with Crippen molar-refractivity contribution in [3.05, 3.63) is 28.0 Å². The zero-order valence-corrected chi connectivity index (χ0v) is 11.2. The van der Waals surface area contributed by atoms with Crippen molar-refractivity contribution in [3.8, 4) is 0 Å². The summed E-state index contributed by atoms with van der Waals surface area (Å²) < 4.78 is 0. The van der Waals surface area contributed by atoms with Gasteiger partial charge in [-0.05, 0) is 44.5 Å². The molecule has 1 aliphatic heterocycles. The highest BCUT2D eigenvalue weighted by Crippen LogP contribution is 2.23. The van der Waals surface area contributed by atoms with E-state index in [4.69, 9.17) is 28.9 Å². The van der Waals surface area contributed by atoms with Gasteiger partial charge in [0, 0.05) is 23.3 Å². The van der Waals surface area contributed by atoms with Gasteiger partial charge in [0.05, 0.1) is 0 Å². The summed E-state index contributed by atoms with van der Waals surface area (Å²) in [6.45, 7) is 3.82. The summed E-state index contributed by atoms with van der Waals surface area (Å²) in [6.07, 6.45) is 4.12. The number of hydrogen-bond donors (Lipinski definition) is 1. The van der Waals surface area contributed by atoms with Gasteiger partial charge in [0.25, 0.3) is 0 Å². The second-order valence-corrected chi connectivity index (χ2v) is 5.35. The van der Waals surface area contributed by atoms with Gasteiger partial charge < -0.3 is 5.73 Å². The van der Waals surface area contributed by atoms with Crippen LogP contribution in [0.5, 0.6) is 0 Å². The van der Waals surface area contributed by atoms with Crippen LogP contribution in [0.1, 0.15) is 18.4 Å². The van der Waals surface area contributed by atoms with Gasteiger partial charge in [-0.1, -0.05) is 23.2 Å². The second-order valence-electron chi connectivity index (χ2n) is 4.55. The minimum atomic E-state index is 0.445. The van der Waals surface area contributed by atoms with Gasteiger partial charge in [0.1, 0.15) is 5.15 Å². The second kappa shape index (κ2) is 6.01. The number of nitrogens with two attached hydrogens (primary N) is 1. The number of hydrogen-bond acceptors (Lipinski definition) is 3. The Labute approximate surface area is 112 Å². The third kappa shape index (κ3) is 3.55. The van der Waals surface area contributed by atoms with Crippen molar-refractivity contribution in [2.75, 3.05) is 19.6 Å². The Morgan fingerprint density at radius 2 is 2.06 bits per heavy atom. The largest absolute Gasteiger partial charge is 0.330 e. The Morgan fingerprint density at radius 3 is 2.65 bits per heavy atom. The molecule has 0 atom stereocenters. The molecule has 0 unspecified atom stereocenters. The fourth-order valence-corrected chi connectivity index (χ4v) is 2.60. The number of rotatable bonds is 3. The van der Waals surface area contributed by atoms with E-state index in [2.05, 4.69) is 9.88 Å². The van der Waals surface area contributed by atoms with Crippen LogP contribution in [0.3, 0.4) is 0 Å². The maximum Gasteiger partial charge on any atom is 0.130 e. The van der Waals surface area contributed by atoms with Crippen LogP contribution in [0.25, 0.3) is 0 Å². The molecule has 0 bridgehead atoms. The first-order valence-corrected chi connectivity index (χ1v) is 6.67. The van der Waals surface area contributed by atoms with Crippen LogP contribution >= 0.6 is 23.2 Å². The molecule has 1 saturated heterocycles. The van der Waals surface area contributed by atoms with Gasteiger partial charge in [-0.2, -0.15) is 0 Å². The van der Waals surface area contributed by atoms with E-state index in [9.17, 15) is 0 Å². The molecule has 2 heterocycles. The first-order chi connectivity index (χ1) is 8.19. The molecule has 5 heteroatoms. The quantitative estimate of drug-likeness (QED) is 0.861. The van der Waals surface area contributed by atoms with Crippen LogP contribution in [-0.4, -0.2) is 29.5 Å². The normalized spacial score (nSPS) is 18.5. The van der Waals surface area contributed by atoms with Crippen molar-refractivity contribution in [1.29, 1.82) is 0 Å². The summed E-state index contributed by atoms with van der Waals surface area (Å²) in [4.78, 5) is 6.46. The van der Waals surface area contributed by atoms with E-state index in [0.29, 0.717) is 16.1 Å². The van der Waals surface area contributed by atoms with Crippen molar-refractivity contribution >= 4 is 23.2 Å². The molecule has 0 aromatic carbocycles. The maximum absolute atomic E-state index is 6.13. The fourth-order valence-electron chi connectivity index (χ4n) is 2.17. The summed E-state index contributed by atoms with van der Waals surface area (Å²) >= 11 is 11.9. The van der Waals surface area contributed by atoms with Crippen LogP contribution in [0.4, 0.5) is 0 Å². The average molecular weight is 274 g/mol. The molecule has 2 rings (SSSR count). The first kappa shape index (κ1) is 13.1. The molecular formula is C12H17Cl2N3. The molecule has 1 aliphatic rings. The molecule has 0 radical (unpaired) electrons. The van der Waals surface area contributed by atoms with Gasteiger partial charge in [0.2, 0.25) is 0 Å². The number of likely N-dealkylation sites (tertiary alicyclic amines) is 1. The van der Waals surface area contributed by atoms with Gasteiger partial charge in [-0.3, -0.25) is 4.90 Å². The Kier molecular flexibility index (Phi) is 4.62. The van der Waals surface area contributed by atoms with Gasteiger partial charge in [0.15, 0.2) is 0 Å². The zero-order chi connectivity index (χ0) is 12.3. The monoisotopic (exact) mass is 273 g/mol. The highest BCUT2D eigenvalue weighted by molar-refractivity contribution is 6.34. The highest BCUT2D eigenvalue weighted by Gasteiger charge is 2.18. The summed E-state index contributed by atoms with van der Waals surface area (Å²) in [5, 5.41) is 1.14. The van der Waals surface area contributed by atoms with E-state index < -0.39 is 0 Å². The van der Waals surface area contributed by atoms with Crippen molar-refractivity contribution in [3.63, 3.8) is 0 Å². The Morgan fingerprint density at radius 1 is 1.35 bits per heavy atom. The maximum atomic E-state index is 6.13. The lowest BCUT2D eigenvalue weighted by Crippen LogP contribution is -2.35. The highest BCUT2D eigenvalue weighted by atomic mass is 35.5. The number of pyridine rings is 1. The molecule has 1 fully saturated rings. The topological polar surface area (TPSA) is 42.1 Å². The molecule has 0 saturated carbocycles. The lowest BCUT2D eigenvalue weighted by molar-refractivity contribution is 0.180. The molecule has 94 valence electrons. The minimum absolute atomic E-state index is 0.445. The van der Waals surface area contributed by atoms with Crippen molar-refractivity contribution in [1.82, 2.24) is 9.88 Å². The van der Waals surface area contributed by atoms with Crippen molar-refractivity contribution in [2.45, 2.75) is 19.4 Å². The van der Waals surface area contributed by atoms with Gasteiger partial charge in [-0.25, -0.2) is 4.98 Å². The summed E-state index contributed by atoms with van der Waals surface area (Å²) in [5.74, 6) is 0.685. The fraction of sp³-hybridized carbons (Fsp3) is 0.583. The lowest BCUT2D eigenvalue weighted by Gasteiger charge is -2.31. The lowest BCUT2D eigenvalue weighted by atomic mass is 9.97. The minimum Gasteiger partial charge on any atom is -0.330 e. The zero-order valence-electron chi connectivity index (χ0n) is 9.70. The number of halogens is 2. The SMILES string of the molecule is NCC1CCN(Cc2cnc(Cl)cc2Cl)CC1. The summed E-state index contributed by atoms with van der Waals surface area (Å²) in [6, 6.07) is 1.70. The molecule has 2 N–H and O–H groups in total. The predicted molar refractivity (Wildman–Crippen MR) is 71.3 cm³/mol. The average Bonchev–Trinajstić information content (AvgIpc) is 2.34. The standard InChI is InChI=1S/C12H17Cl2N3/c13-11-5-12(14)16-7-10(11)8-17-3-1-9(6-15)2-4-17/h5,7,9H,1-4,6,8,15H2. The Hall–Kier alpha value is -0.350. The third-order valence-corrected chi connectivity index (χ3v) is 3.89. The van der Waals surface area contributed by atoms with E-state index in [-0.39, 0.29) is 0 Å². The molecule has 3 nitrogen and oxygen atoms in total. The number of aromatic nitrogens is 1. The summed E-state index contributed by atoms with van der Waals surface area (Å²) in [5.41, 5.74) is 6.72. The van der Waals surface area contributed by atoms with Crippen molar-refractivity contribution < 1.29 is 0 Å². The Balaban J connectivity index is 1.93. The molecule has 0 spiro atoms. The molecule has 1 aromatic heterocycles. The smallest absolute Gasteiger partial charge is 0.130 e. The van der Waals surface area contributed by atoms with E-state index >= 15 is 0 Å². The van der Waals surface area contributed by atoms with Crippen LogP contribution in [0, 0.1) is 5.92 Å². The first-order valence-electron chi connectivity index (χ1n) is 5.91. The van der Waals surface area contributed by atoms with E-state index in [1.165, 1.54) is 12.8 Å². The molecule has 1 aromatic rings. The van der Waals surface area contributed by atoms with E-state index in [0.717, 1.165) is 31.7 Å². The number of piperidine rings is 1. The molecule has 0 aliphatic carbocycles. The van der Waals surface area contributed by atoms with Crippen LogP contribution < -0.4 is 5.73 Å². The van der Waals surface area contributed by atoms with Gasteiger partial charge >= 0.3 is 0 Å². The molecule has 17 heavy (non-hydrogen) atoms. The molecule has 0 amide bonds. The van der Waals surface area contributed by atoms with Crippen LogP contribution in [0.15, 0.2) is 12.3 Å². The van der Waals surface area contributed by atoms with Crippen LogP contribution in [0.2, 0.25) is 10.2 Å². The van der Waals surface area contributed by atoms with E-state index in [1.807, 2.05) is 0 Å². The number of nitrogens with zero attached hydrogens (tertiary/aromatic N) is 2. The predicted octanol–water partition coefficient (Wildman–Crippen LogP) is 2.56.